The average molecular weight is 188 g/mol. The van der Waals surface area contributed by atoms with Crippen LogP contribution in [0, 0.1) is 5.92 Å². The van der Waals surface area contributed by atoms with Crippen LogP contribution in [0.3, 0.4) is 0 Å². The molecule has 0 spiro atoms. The van der Waals surface area contributed by atoms with Crippen molar-refractivity contribution in [1.29, 1.82) is 0 Å². The zero-order chi connectivity index (χ0) is 8.10. The molecular formula is C7H12N2S2. The molecular weight excluding hydrogens is 176 g/mol. The van der Waals surface area contributed by atoms with Crippen LogP contribution in [0.25, 0.3) is 0 Å². The van der Waals surface area contributed by atoms with Gasteiger partial charge >= 0.3 is 0 Å². The van der Waals surface area contributed by atoms with Gasteiger partial charge in [0.05, 0.1) is 0 Å². The highest BCUT2D eigenvalue weighted by atomic mass is 32.2. The lowest BCUT2D eigenvalue weighted by molar-refractivity contribution is 0.636. The Balaban J connectivity index is 2.23. The van der Waals surface area contributed by atoms with E-state index in [4.69, 9.17) is 0 Å². The molecule has 1 unspecified atom stereocenters. The highest BCUT2D eigenvalue weighted by Gasteiger charge is 2.01. The molecule has 0 saturated carbocycles. The van der Waals surface area contributed by atoms with Gasteiger partial charge in [-0.25, -0.2) is 0 Å². The molecule has 1 heterocycles. The molecule has 0 radical (unpaired) electrons. The van der Waals surface area contributed by atoms with Crippen molar-refractivity contribution >= 4 is 23.1 Å². The van der Waals surface area contributed by atoms with E-state index in [2.05, 4.69) is 24.0 Å². The molecule has 1 aromatic rings. The fourth-order valence-corrected chi connectivity index (χ4v) is 2.21. The number of thioether (sulfide) groups is 1. The van der Waals surface area contributed by atoms with Crippen molar-refractivity contribution in [3.05, 3.63) is 5.51 Å². The zero-order valence-corrected chi connectivity index (χ0v) is 8.41. The third kappa shape index (κ3) is 3.20. The Kier molecular flexibility index (Phi) is 3.86. The Labute approximate surface area is 75.4 Å². The number of rotatable bonds is 4. The van der Waals surface area contributed by atoms with Gasteiger partial charge in [-0.15, -0.1) is 10.2 Å². The number of hydrogen-bond acceptors (Lipinski definition) is 4. The quantitative estimate of drug-likeness (QED) is 0.679. The van der Waals surface area contributed by atoms with Crippen LogP contribution in [-0.4, -0.2) is 16.0 Å². The normalized spacial score (nSPS) is 13.3. The molecule has 1 aromatic heterocycles. The van der Waals surface area contributed by atoms with E-state index in [9.17, 15) is 0 Å². The van der Waals surface area contributed by atoms with Gasteiger partial charge in [0.1, 0.15) is 5.51 Å². The van der Waals surface area contributed by atoms with Crippen molar-refractivity contribution in [2.75, 3.05) is 5.75 Å². The molecule has 2 nitrogen and oxygen atoms in total. The van der Waals surface area contributed by atoms with Crippen LogP contribution >= 0.6 is 23.1 Å². The Morgan fingerprint density at radius 3 is 3.09 bits per heavy atom. The van der Waals surface area contributed by atoms with Crippen LogP contribution in [0.5, 0.6) is 0 Å². The van der Waals surface area contributed by atoms with E-state index in [1.54, 1.807) is 28.6 Å². The number of hydrogen-bond donors (Lipinski definition) is 0. The summed E-state index contributed by atoms with van der Waals surface area (Å²) in [4.78, 5) is 0. The van der Waals surface area contributed by atoms with E-state index in [0.29, 0.717) is 0 Å². The first-order chi connectivity index (χ1) is 5.33. The number of aromatic nitrogens is 2. The topological polar surface area (TPSA) is 25.8 Å². The predicted octanol–water partition coefficient (Wildman–Crippen LogP) is 2.68. The van der Waals surface area contributed by atoms with Gasteiger partial charge in [-0.1, -0.05) is 43.4 Å². The Morgan fingerprint density at radius 2 is 2.55 bits per heavy atom. The Hall–Kier alpha value is -0.0900. The summed E-state index contributed by atoms with van der Waals surface area (Å²) in [7, 11) is 0. The molecule has 62 valence electrons. The van der Waals surface area contributed by atoms with Crippen molar-refractivity contribution in [3.8, 4) is 0 Å². The van der Waals surface area contributed by atoms with Gasteiger partial charge in [0, 0.05) is 5.75 Å². The fraction of sp³-hybridized carbons (Fsp3) is 0.714. The lowest BCUT2D eigenvalue weighted by atomic mass is 10.2. The summed E-state index contributed by atoms with van der Waals surface area (Å²) in [6.45, 7) is 4.47. The lowest BCUT2D eigenvalue weighted by Crippen LogP contribution is -1.94. The highest BCUT2D eigenvalue weighted by Crippen LogP contribution is 2.22. The molecule has 0 aliphatic rings. The Morgan fingerprint density at radius 1 is 1.73 bits per heavy atom. The molecule has 0 aliphatic carbocycles. The minimum Gasteiger partial charge on any atom is -0.146 e. The summed E-state index contributed by atoms with van der Waals surface area (Å²) < 4.78 is 1.09. The van der Waals surface area contributed by atoms with Crippen LogP contribution in [0.1, 0.15) is 20.3 Å². The van der Waals surface area contributed by atoms with Gasteiger partial charge in [-0.3, -0.25) is 0 Å². The third-order valence-electron chi connectivity index (χ3n) is 1.53. The lowest BCUT2D eigenvalue weighted by Gasteiger charge is -2.03. The molecule has 0 N–H and O–H groups in total. The Bertz CT molecular complexity index is 186. The summed E-state index contributed by atoms with van der Waals surface area (Å²) in [6.07, 6.45) is 1.24. The SMILES string of the molecule is CCC(C)CSc1nncs1. The summed E-state index contributed by atoms with van der Waals surface area (Å²) in [6, 6.07) is 0. The molecule has 0 saturated heterocycles. The van der Waals surface area contributed by atoms with Crippen molar-refractivity contribution in [3.63, 3.8) is 0 Å². The van der Waals surface area contributed by atoms with Gasteiger partial charge in [0.2, 0.25) is 0 Å². The predicted molar refractivity (Wildman–Crippen MR) is 50.1 cm³/mol. The van der Waals surface area contributed by atoms with Crippen molar-refractivity contribution in [2.45, 2.75) is 24.6 Å². The van der Waals surface area contributed by atoms with Gasteiger partial charge in [0.25, 0.3) is 0 Å². The summed E-state index contributed by atoms with van der Waals surface area (Å²) in [5.74, 6) is 1.94. The van der Waals surface area contributed by atoms with E-state index in [0.717, 1.165) is 16.0 Å². The van der Waals surface area contributed by atoms with Crippen LogP contribution in [0.15, 0.2) is 9.85 Å². The monoisotopic (exact) mass is 188 g/mol. The largest absolute Gasteiger partial charge is 0.174 e. The summed E-state index contributed by atoms with van der Waals surface area (Å²) >= 11 is 3.42. The minimum atomic E-state index is 0.781. The average Bonchev–Trinajstić information content (AvgIpc) is 2.52. The molecule has 11 heavy (non-hydrogen) atoms. The molecule has 0 aromatic carbocycles. The standard InChI is InChI=1S/C7H12N2S2/c1-3-6(2)4-10-7-9-8-5-11-7/h5-6H,3-4H2,1-2H3. The second-order valence-electron chi connectivity index (χ2n) is 2.53. The van der Waals surface area contributed by atoms with E-state index < -0.39 is 0 Å². The van der Waals surface area contributed by atoms with Crippen LogP contribution in [-0.2, 0) is 0 Å². The van der Waals surface area contributed by atoms with Gasteiger partial charge in [0.15, 0.2) is 4.34 Å². The first-order valence-corrected chi connectivity index (χ1v) is 5.58. The van der Waals surface area contributed by atoms with Gasteiger partial charge in [-0.2, -0.15) is 0 Å². The zero-order valence-electron chi connectivity index (χ0n) is 6.78. The summed E-state index contributed by atoms with van der Waals surface area (Å²) in [5.41, 5.74) is 1.78. The first-order valence-electron chi connectivity index (χ1n) is 3.72. The van der Waals surface area contributed by atoms with Gasteiger partial charge < -0.3 is 0 Å². The number of nitrogens with zero attached hydrogens (tertiary/aromatic N) is 2. The van der Waals surface area contributed by atoms with Crippen LogP contribution in [0.2, 0.25) is 0 Å². The van der Waals surface area contributed by atoms with E-state index in [-0.39, 0.29) is 0 Å². The smallest absolute Gasteiger partial charge is 0.146 e. The maximum Gasteiger partial charge on any atom is 0.174 e. The van der Waals surface area contributed by atoms with Crippen LogP contribution in [0.4, 0.5) is 0 Å². The maximum atomic E-state index is 3.95. The third-order valence-corrected chi connectivity index (χ3v) is 3.72. The molecule has 0 fully saturated rings. The van der Waals surface area contributed by atoms with Crippen molar-refractivity contribution in [2.24, 2.45) is 5.92 Å². The van der Waals surface area contributed by atoms with Gasteiger partial charge in [-0.05, 0) is 5.92 Å². The molecule has 0 aliphatic heterocycles. The van der Waals surface area contributed by atoms with E-state index in [1.165, 1.54) is 6.42 Å². The van der Waals surface area contributed by atoms with Crippen molar-refractivity contribution < 1.29 is 0 Å². The molecule has 1 rings (SSSR count). The maximum absolute atomic E-state index is 3.95. The van der Waals surface area contributed by atoms with Crippen LogP contribution < -0.4 is 0 Å². The highest BCUT2D eigenvalue weighted by molar-refractivity contribution is 8.00. The molecule has 1 atom stereocenters. The minimum absolute atomic E-state index is 0.781. The summed E-state index contributed by atoms with van der Waals surface area (Å²) in [5, 5.41) is 7.73. The van der Waals surface area contributed by atoms with Crippen molar-refractivity contribution in [1.82, 2.24) is 10.2 Å². The molecule has 0 bridgehead atoms. The second kappa shape index (κ2) is 4.72. The first kappa shape index (κ1) is 9.00. The molecule has 4 heteroatoms. The second-order valence-corrected chi connectivity index (χ2v) is 4.63. The van der Waals surface area contributed by atoms with E-state index >= 15 is 0 Å². The van der Waals surface area contributed by atoms with E-state index in [1.807, 2.05) is 0 Å². The fourth-order valence-electron chi connectivity index (χ4n) is 0.557. The molecule has 0 amide bonds.